The number of benzene rings is 3. The van der Waals surface area contributed by atoms with Crippen molar-refractivity contribution in [3.63, 3.8) is 0 Å². The van der Waals surface area contributed by atoms with Crippen molar-refractivity contribution in [3.8, 4) is 11.5 Å². The Morgan fingerprint density at radius 1 is 1.03 bits per heavy atom. The van der Waals surface area contributed by atoms with Crippen LogP contribution in [-0.4, -0.2) is 38.4 Å². The fraction of sp³-hybridized carbons (Fsp3) is 0.160. The van der Waals surface area contributed by atoms with Crippen molar-refractivity contribution in [2.45, 2.75) is 6.92 Å². The highest BCUT2D eigenvalue weighted by Gasteiger charge is 2.13. The summed E-state index contributed by atoms with van der Waals surface area (Å²) in [5, 5.41) is 6.95. The third-order valence-corrected chi connectivity index (χ3v) is 4.87. The number of hydrazone groups is 1. The van der Waals surface area contributed by atoms with Crippen molar-refractivity contribution < 1.29 is 28.2 Å². The Labute approximate surface area is 189 Å². The number of amides is 1. The number of nitrogens with zero attached hydrogens (tertiary/aromatic N) is 1. The lowest BCUT2D eigenvalue weighted by atomic mass is 10.1. The van der Waals surface area contributed by atoms with Gasteiger partial charge in [0.25, 0.3) is 0 Å². The molecule has 0 unspecified atom stereocenters. The van der Waals surface area contributed by atoms with Gasteiger partial charge in [-0.2, -0.15) is 5.10 Å². The molecule has 0 atom stereocenters. The van der Waals surface area contributed by atoms with Crippen LogP contribution in [0.2, 0.25) is 0 Å². The van der Waals surface area contributed by atoms with Crippen LogP contribution in [0.15, 0.2) is 70.2 Å². The number of ether oxygens (including phenoxy) is 3. The minimum Gasteiger partial charge on any atom is -0.493 e. The van der Waals surface area contributed by atoms with Crippen molar-refractivity contribution in [3.05, 3.63) is 72.0 Å². The topological polar surface area (TPSA) is 99.4 Å². The smallest absolute Gasteiger partial charge is 0.344 e. The fourth-order valence-electron chi connectivity index (χ4n) is 3.35. The quantitative estimate of drug-likeness (QED) is 0.246. The first-order valence-electron chi connectivity index (χ1n) is 10.3. The summed E-state index contributed by atoms with van der Waals surface area (Å²) in [5.74, 6) is 0.0400. The van der Waals surface area contributed by atoms with Gasteiger partial charge >= 0.3 is 11.9 Å². The largest absolute Gasteiger partial charge is 0.493 e. The van der Waals surface area contributed by atoms with Crippen LogP contribution in [0.3, 0.4) is 0 Å². The Morgan fingerprint density at radius 3 is 2.70 bits per heavy atom. The fourth-order valence-corrected chi connectivity index (χ4v) is 3.35. The van der Waals surface area contributed by atoms with Gasteiger partial charge < -0.3 is 18.6 Å². The van der Waals surface area contributed by atoms with Gasteiger partial charge in [-0.1, -0.05) is 30.3 Å². The number of hydrogen-bond donors (Lipinski definition) is 1. The van der Waals surface area contributed by atoms with Gasteiger partial charge in [0, 0.05) is 5.39 Å². The van der Waals surface area contributed by atoms with Crippen molar-refractivity contribution in [1.82, 2.24) is 5.43 Å². The second kappa shape index (κ2) is 9.86. The first-order chi connectivity index (χ1) is 16.1. The van der Waals surface area contributed by atoms with Crippen molar-refractivity contribution in [2.75, 3.05) is 20.3 Å². The normalized spacial score (nSPS) is 11.1. The summed E-state index contributed by atoms with van der Waals surface area (Å²) >= 11 is 0. The van der Waals surface area contributed by atoms with E-state index in [2.05, 4.69) is 10.5 Å². The maximum Gasteiger partial charge on any atom is 0.344 e. The predicted molar refractivity (Wildman–Crippen MR) is 124 cm³/mol. The van der Waals surface area contributed by atoms with Crippen molar-refractivity contribution >= 4 is 39.8 Å². The first kappa shape index (κ1) is 21.9. The molecule has 0 spiro atoms. The minimum atomic E-state index is -0.466. The third-order valence-electron chi connectivity index (χ3n) is 4.87. The zero-order chi connectivity index (χ0) is 23.2. The van der Waals surface area contributed by atoms with E-state index in [0.717, 1.165) is 16.2 Å². The van der Waals surface area contributed by atoms with E-state index in [1.54, 1.807) is 31.2 Å². The van der Waals surface area contributed by atoms with Crippen LogP contribution >= 0.6 is 0 Å². The van der Waals surface area contributed by atoms with E-state index in [-0.39, 0.29) is 19.0 Å². The number of methoxy groups -OCH3 is 1. The van der Waals surface area contributed by atoms with E-state index < -0.39 is 11.9 Å². The van der Waals surface area contributed by atoms with Crippen LogP contribution in [0.4, 0.5) is 0 Å². The molecule has 0 radical (unpaired) electrons. The Bertz CT molecular complexity index is 1340. The van der Waals surface area contributed by atoms with Gasteiger partial charge in [0.1, 0.15) is 5.58 Å². The van der Waals surface area contributed by atoms with Gasteiger partial charge in [0.05, 0.1) is 19.9 Å². The molecule has 8 heteroatoms. The number of carbonyl (C=O) groups excluding carboxylic acids is 2. The lowest BCUT2D eigenvalue weighted by molar-refractivity contribution is -0.145. The molecule has 33 heavy (non-hydrogen) atoms. The summed E-state index contributed by atoms with van der Waals surface area (Å²) in [5.41, 5.74) is 3.76. The standard InChI is InChI=1S/C25H22N2O6/c1-3-31-24(28)15-32-21-10-8-16(12-22(21)30-2)14-26-27-25(29)23-13-19-18-7-5-4-6-17(18)9-11-20(19)33-23/h4-14H,3,15H2,1-2H3,(H,27,29)/b26-14-. The molecule has 0 bridgehead atoms. The van der Waals surface area contributed by atoms with Crippen molar-refractivity contribution in [2.24, 2.45) is 5.10 Å². The predicted octanol–water partition coefficient (Wildman–Crippen LogP) is 4.30. The number of nitrogens with one attached hydrogen (secondary N) is 1. The SMILES string of the molecule is CCOC(=O)COc1ccc(/C=N\NC(=O)c2cc3c(ccc4ccccc43)o2)cc1OC. The second-order valence-electron chi connectivity index (χ2n) is 7.01. The molecule has 0 aliphatic heterocycles. The molecule has 0 aliphatic carbocycles. The van der Waals surface area contributed by atoms with Crippen LogP contribution in [0.1, 0.15) is 23.0 Å². The average Bonchev–Trinajstić information content (AvgIpc) is 3.28. The van der Waals surface area contributed by atoms with E-state index in [0.29, 0.717) is 22.6 Å². The molecule has 168 valence electrons. The highest BCUT2D eigenvalue weighted by molar-refractivity contribution is 6.08. The molecule has 4 aromatic rings. The molecule has 0 saturated carbocycles. The van der Waals surface area contributed by atoms with Gasteiger partial charge in [-0.25, -0.2) is 10.2 Å². The van der Waals surface area contributed by atoms with Crippen molar-refractivity contribution in [1.29, 1.82) is 0 Å². The number of hydrogen-bond acceptors (Lipinski definition) is 7. The number of fused-ring (bicyclic) bond motifs is 3. The van der Waals surface area contributed by atoms with E-state index in [9.17, 15) is 9.59 Å². The summed E-state index contributed by atoms with van der Waals surface area (Å²) in [6.45, 7) is 1.78. The lowest BCUT2D eigenvalue weighted by Crippen LogP contribution is -2.16. The molecular weight excluding hydrogens is 424 g/mol. The zero-order valence-corrected chi connectivity index (χ0v) is 18.2. The maximum absolute atomic E-state index is 12.5. The number of rotatable bonds is 8. The first-order valence-corrected chi connectivity index (χ1v) is 10.3. The second-order valence-corrected chi connectivity index (χ2v) is 7.01. The van der Waals surface area contributed by atoms with Crippen LogP contribution in [-0.2, 0) is 9.53 Å². The van der Waals surface area contributed by atoms with E-state index >= 15 is 0 Å². The average molecular weight is 446 g/mol. The maximum atomic E-state index is 12.5. The molecule has 0 saturated heterocycles. The Kier molecular flexibility index (Phi) is 6.54. The van der Waals surface area contributed by atoms with Crippen LogP contribution in [0, 0.1) is 0 Å². The van der Waals surface area contributed by atoms with Crippen LogP contribution in [0.5, 0.6) is 11.5 Å². The molecular formula is C25H22N2O6. The van der Waals surface area contributed by atoms with E-state index in [4.69, 9.17) is 18.6 Å². The highest BCUT2D eigenvalue weighted by atomic mass is 16.6. The summed E-state index contributed by atoms with van der Waals surface area (Å²) in [4.78, 5) is 24.0. The third kappa shape index (κ3) is 4.95. The number of esters is 1. The van der Waals surface area contributed by atoms with Crippen LogP contribution in [0.25, 0.3) is 21.7 Å². The zero-order valence-electron chi connectivity index (χ0n) is 18.2. The lowest BCUT2D eigenvalue weighted by Gasteiger charge is -2.10. The minimum absolute atomic E-state index is 0.166. The van der Waals surface area contributed by atoms with Gasteiger partial charge in [0.15, 0.2) is 23.9 Å². The molecule has 1 aromatic heterocycles. The van der Waals surface area contributed by atoms with Gasteiger partial charge in [0.2, 0.25) is 0 Å². The van der Waals surface area contributed by atoms with Gasteiger partial charge in [-0.3, -0.25) is 4.79 Å². The number of carbonyl (C=O) groups is 2. The molecule has 1 amide bonds. The molecule has 0 fully saturated rings. The monoisotopic (exact) mass is 446 g/mol. The Morgan fingerprint density at radius 2 is 1.88 bits per heavy atom. The summed E-state index contributed by atoms with van der Waals surface area (Å²) < 4.78 is 21.3. The molecule has 8 nitrogen and oxygen atoms in total. The summed E-state index contributed by atoms with van der Waals surface area (Å²) in [6, 6.07) is 18.4. The van der Waals surface area contributed by atoms with Crippen LogP contribution < -0.4 is 14.9 Å². The van der Waals surface area contributed by atoms with E-state index in [1.165, 1.54) is 13.3 Å². The summed E-state index contributed by atoms with van der Waals surface area (Å²) in [7, 11) is 1.49. The Hall–Kier alpha value is -4.33. The molecule has 0 aliphatic rings. The molecule has 1 N–H and O–H groups in total. The highest BCUT2D eigenvalue weighted by Crippen LogP contribution is 2.29. The molecule has 4 rings (SSSR count). The van der Waals surface area contributed by atoms with Gasteiger partial charge in [-0.05, 0) is 53.6 Å². The Balaban J connectivity index is 1.43. The van der Waals surface area contributed by atoms with Gasteiger partial charge in [-0.15, -0.1) is 0 Å². The summed E-state index contributed by atoms with van der Waals surface area (Å²) in [6.07, 6.45) is 1.47. The molecule has 1 heterocycles. The number of furan rings is 1. The van der Waals surface area contributed by atoms with E-state index in [1.807, 2.05) is 36.4 Å². The molecule has 3 aromatic carbocycles.